The Morgan fingerprint density at radius 2 is 1.50 bits per heavy atom. The minimum Gasteiger partial charge on any atom is -0.508 e. The van der Waals surface area contributed by atoms with Crippen LogP contribution in [0, 0.1) is 0 Å². The van der Waals surface area contributed by atoms with Crippen molar-refractivity contribution in [1.29, 1.82) is 0 Å². The fourth-order valence-electron chi connectivity index (χ4n) is 3.48. The van der Waals surface area contributed by atoms with E-state index in [1.807, 2.05) is 37.3 Å². The highest BCUT2D eigenvalue weighted by Gasteiger charge is 2.36. The average Bonchev–Trinajstić information content (AvgIpc) is 3.04. The monoisotopic (exact) mass is 360 g/mol. The Bertz CT molecular complexity index is 734. The maximum Gasteiger partial charge on any atom is 0.162 e. The van der Waals surface area contributed by atoms with Crippen molar-refractivity contribution >= 4 is 0 Å². The first-order valence-corrected chi connectivity index (χ1v) is 8.73. The lowest BCUT2D eigenvalue weighted by Gasteiger charge is -2.20. The van der Waals surface area contributed by atoms with Crippen LogP contribution < -0.4 is 0 Å². The van der Waals surface area contributed by atoms with Gasteiger partial charge >= 0.3 is 0 Å². The molecular formula is C20H24O6. The van der Waals surface area contributed by atoms with E-state index >= 15 is 0 Å². The van der Waals surface area contributed by atoms with E-state index in [-0.39, 0.29) is 31.1 Å². The van der Waals surface area contributed by atoms with Crippen molar-refractivity contribution in [1.82, 2.24) is 0 Å². The zero-order valence-electron chi connectivity index (χ0n) is 14.6. The van der Waals surface area contributed by atoms with E-state index in [2.05, 4.69) is 0 Å². The highest BCUT2D eigenvalue weighted by atomic mass is 16.7. The van der Waals surface area contributed by atoms with Crippen LogP contribution in [0.25, 0.3) is 11.1 Å². The van der Waals surface area contributed by atoms with Gasteiger partial charge in [0.05, 0.1) is 13.2 Å². The first kappa shape index (κ1) is 18.7. The summed E-state index contributed by atoms with van der Waals surface area (Å²) in [5.41, 5.74) is 2.89. The van der Waals surface area contributed by atoms with Crippen LogP contribution in [0.5, 0.6) is 11.5 Å². The molecule has 0 aliphatic carbocycles. The lowest BCUT2D eigenvalue weighted by atomic mass is 9.90. The fourth-order valence-corrected chi connectivity index (χ4v) is 3.48. The Morgan fingerprint density at radius 3 is 2.04 bits per heavy atom. The molecule has 0 saturated carbocycles. The molecule has 0 spiro atoms. The standard InChI is InChI=1S/C20H24O6/c1-2-13-14(8-19-25-17(10-21)18(11-22)26-19)20(16(24)9-15(13)23)12-6-4-3-5-7-12/h3-7,9,17-19,21-24H,2,8,10-11H2,1H3/t17-,18-/m0/s1. The Morgan fingerprint density at radius 1 is 0.885 bits per heavy atom. The predicted octanol–water partition coefficient (Wildman–Crippen LogP) is 1.96. The minimum atomic E-state index is -0.682. The smallest absolute Gasteiger partial charge is 0.162 e. The Balaban J connectivity index is 2.02. The van der Waals surface area contributed by atoms with Crippen LogP contribution in [-0.4, -0.2) is 52.1 Å². The average molecular weight is 360 g/mol. The molecule has 3 rings (SSSR count). The number of ether oxygens (including phenoxy) is 2. The van der Waals surface area contributed by atoms with E-state index < -0.39 is 18.5 Å². The predicted molar refractivity (Wildman–Crippen MR) is 96.0 cm³/mol. The van der Waals surface area contributed by atoms with E-state index in [1.165, 1.54) is 6.07 Å². The van der Waals surface area contributed by atoms with Gasteiger partial charge in [0.2, 0.25) is 0 Å². The summed E-state index contributed by atoms with van der Waals surface area (Å²) in [6.07, 6.45) is -1.02. The second-order valence-electron chi connectivity index (χ2n) is 6.31. The van der Waals surface area contributed by atoms with Gasteiger partial charge in [0.15, 0.2) is 6.29 Å². The lowest BCUT2D eigenvalue weighted by Crippen LogP contribution is -2.29. The molecule has 0 amide bonds. The number of phenols is 2. The second-order valence-corrected chi connectivity index (χ2v) is 6.31. The molecule has 0 aromatic heterocycles. The Labute approximate surface area is 152 Å². The van der Waals surface area contributed by atoms with Crippen molar-refractivity contribution in [3.05, 3.63) is 47.5 Å². The van der Waals surface area contributed by atoms with Crippen molar-refractivity contribution in [2.45, 2.75) is 38.3 Å². The first-order chi connectivity index (χ1) is 12.6. The first-order valence-electron chi connectivity index (χ1n) is 8.73. The molecule has 2 atom stereocenters. The molecule has 1 aliphatic rings. The quantitative estimate of drug-likeness (QED) is 0.629. The Kier molecular flexibility index (Phi) is 5.78. The van der Waals surface area contributed by atoms with E-state index in [4.69, 9.17) is 9.47 Å². The molecule has 1 heterocycles. The molecule has 2 aromatic carbocycles. The molecule has 4 N–H and O–H groups in total. The lowest BCUT2D eigenvalue weighted by molar-refractivity contribution is -0.0725. The van der Waals surface area contributed by atoms with Crippen molar-refractivity contribution in [3.8, 4) is 22.6 Å². The van der Waals surface area contributed by atoms with Gasteiger partial charge in [-0.1, -0.05) is 37.3 Å². The van der Waals surface area contributed by atoms with Gasteiger partial charge in [-0.15, -0.1) is 0 Å². The summed E-state index contributed by atoms with van der Waals surface area (Å²) in [5.74, 6) is 0.00593. The highest BCUT2D eigenvalue weighted by Crippen LogP contribution is 2.41. The highest BCUT2D eigenvalue weighted by molar-refractivity contribution is 5.77. The third kappa shape index (κ3) is 3.54. The number of rotatable bonds is 6. The molecule has 1 aliphatic heterocycles. The van der Waals surface area contributed by atoms with Crippen molar-refractivity contribution < 1.29 is 29.9 Å². The van der Waals surface area contributed by atoms with Gasteiger partial charge in [-0.2, -0.15) is 0 Å². The maximum absolute atomic E-state index is 10.5. The van der Waals surface area contributed by atoms with Crippen molar-refractivity contribution in [2.75, 3.05) is 13.2 Å². The van der Waals surface area contributed by atoms with Gasteiger partial charge in [-0.05, 0) is 23.1 Å². The summed E-state index contributed by atoms with van der Waals surface area (Å²) in [6.45, 7) is 1.42. The molecule has 140 valence electrons. The number of hydrogen-bond donors (Lipinski definition) is 4. The van der Waals surface area contributed by atoms with E-state index in [9.17, 15) is 20.4 Å². The van der Waals surface area contributed by atoms with Gasteiger partial charge in [0, 0.05) is 18.1 Å². The summed E-state index contributed by atoms with van der Waals surface area (Å²) in [5, 5.41) is 39.5. The van der Waals surface area contributed by atoms with Crippen molar-refractivity contribution in [2.24, 2.45) is 0 Å². The molecule has 0 bridgehead atoms. The van der Waals surface area contributed by atoms with Gasteiger partial charge in [-0.25, -0.2) is 0 Å². The molecule has 1 fully saturated rings. The molecule has 0 radical (unpaired) electrons. The summed E-state index contributed by atoms with van der Waals surface area (Å²) in [7, 11) is 0. The number of aliphatic hydroxyl groups excluding tert-OH is 2. The van der Waals surface area contributed by atoms with Crippen LogP contribution in [0.1, 0.15) is 18.1 Å². The fraction of sp³-hybridized carbons (Fsp3) is 0.400. The third-order valence-electron chi connectivity index (χ3n) is 4.72. The molecular weight excluding hydrogens is 336 g/mol. The van der Waals surface area contributed by atoms with Crippen LogP contribution in [0.3, 0.4) is 0 Å². The van der Waals surface area contributed by atoms with E-state index in [1.54, 1.807) is 0 Å². The van der Waals surface area contributed by atoms with Crippen LogP contribution in [0.4, 0.5) is 0 Å². The maximum atomic E-state index is 10.5. The van der Waals surface area contributed by atoms with Gasteiger partial charge in [0.25, 0.3) is 0 Å². The van der Waals surface area contributed by atoms with Crippen LogP contribution in [0.15, 0.2) is 36.4 Å². The molecule has 26 heavy (non-hydrogen) atoms. The normalized spacial score (nSPS) is 20.6. The number of hydrogen-bond acceptors (Lipinski definition) is 6. The van der Waals surface area contributed by atoms with Gasteiger partial charge in [0.1, 0.15) is 23.7 Å². The minimum absolute atomic E-state index is 0.0173. The van der Waals surface area contributed by atoms with Gasteiger partial charge in [-0.3, -0.25) is 0 Å². The van der Waals surface area contributed by atoms with Gasteiger partial charge < -0.3 is 29.9 Å². The van der Waals surface area contributed by atoms with Crippen LogP contribution in [0.2, 0.25) is 0 Å². The second kappa shape index (κ2) is 8.05. The molecule has 6 heteroatoms. The summed E-state index contributed by atoms with van der Waals surface area (Å²) in [6, 6.07) is 10.8. The zero-order valence-corrected chi connectivity index (χ0v) is 14.6. The van der Waals surface area contributed by atoms with Crippen LogP contribution in [-0.2, 0) is 22.3 Å². The molecule has 6 nitrogen and oxygen atoms in total. The number of phenolic OH excluding ortho intramolecular Hbond substituents is 2. The van der Waals surface area contributed by atoms with E-state index in [0.717, 1.165) is 11.1 Å². The molecule has 2 aromatic rings. The summed E-state index contributed by atoms with van der Waals surface area (Å²) >= 11 is 0. The zero-order chi connectivity index (χ0) is 18.7. The number of aliphatic hydroxyl groups is 2. The Hall–Kier alpha value is -2.12. The largest absolute Gasteiger partial charge is 0.508 e. The SMILES string of the molecule is CCc1c(O)cc(O)c(-c2ccccc2)c1CC1O[C@@H](CO)[C@H](CO)O1. The van der Waals surface area contributed by atoms with Crippen LogP contribution >= 0.6 is 0 Å². The van der Waals surface area contributed by atoms with E-state index in [0.29, 0.717) is 17.5 Å². The summed E-state index contributed by atoms with van der Waals surface area (Å²) in [4.78, 5) is 0. The number of aromatic hydroxyl groups is 2. The number of benzene rings is 2. The van der Waals surface area contributed by atoms with Crippen molar-refractivity contribution in [3.63, 3.8) is 0 Å². The summed E-state index contributed by atoms with van der Waals surface area (Å²) < 4.78 is 11.4. The molecule has 0 unspecified atom stereocenters. The third-order valence-corrected chi connectivity index (χ3v) is 4.72. The molecule has 1 saturated heterocycles. The topological polar surface area (TPSA) is 99.4 Å².